The third kappa shape index (κ3) is 6.33. The highest BCUT2D eigenvalue weighted by Crippen LogP contribution is 2.10. The van der Waals surface area contributed by atoms with Gasteiger partial charge in [0.25, 0.3) is 0 Å². The van der Waals surface area contributed by atoms with Crippen LogP contribution in [0, 0.1) is 5.92 Å². The summed E-state index contributed by atoms with van der Waals surface area (Å²) in [4.78, 5) is 53.4. The predicted molar refractivity (Wildman–Crippen MR) is 100.0 cm³/mol. The lowest BCUT2D eigenvalue weighted by Crippen LogP contribution is -2.52. The summed E-state index contributed by atoms with van der Waals surface area (Å²) in [5.74, 6) is -0.795. The summed E-state index contributed by atoms with van der Waals surface area (Å²) in [5, 5.41) is 5.20. The summed E-state index contributed by atoms with van der Waals surface area (Å²) in [6.45, 7) is 5.39. The Morgan fingerprint density at radius 3 is 2.54 bits per heavy atom. The smallest absolute Gasteiger partial charge is 0.408 e. The fourth-order valence-corrected chi connectivity index (χ4v) is 2.84. The van der Waals surface area contributed by atoms with Gasteiger partial charge in [0.2, 0.25) is 11.8 Å². The maximum atomic E-state index is 12.6. The van der Waals surface area contributed by atoms with Crippen molar-refractivity contribution in [3.63, 3.8) is 0 Å². The number of pyridine rings is 1. The van der Waals surface area contributed by atoms with E-state index in [4.69, 9.17) is 4.74 Å². The van der Waals surface area contributed by atoms with Crippen LogP contribution in [0.1, 0.15) is 32.8 Å². The number of aromatic nitrogens is 1. The maximum absolute atomic E-state index is 12.6. The Morgan fingerprint density at radius 1 is 1.29 bits per heavy atom. The first-order valence-electron chi connectivity index (χ1n) is 9.17. The van der Waals surface area contributed by atoms with Gasteiger partial charge in [-0.05, 0) is 30.0 Å². The molecule has 0 spiro atoms. The van der Waals surface area contributed by atoms with Gasteiger partial charge in [-0.1, -0.05) is 13.8 Å². The maximum Gasteiger partial charge on any atom is 0.408 e. The lowest BCUT2D eigenvalue weighted by Gasteiger charge is -2.22. The van der Waals surface area contributed by atoms with E-state index >= 15 is 0 Å². The van der Waals surface area contributed by atoms with E-state index in [0.29, 0.717) is 6.42 Å². The molecular weight excluding hydrogens is 364 g/mol. The van der Waals surface area contributed by atoms with E-state index in [1.807, 2.05) is 13.8 Å². The molecule has 2 heterocycles. The minimum absolute atomic E-state index is 0.0173. The van der Waals surface area contributed by atoms with E-state index in [9.17, 15) is 19.2 Å². The van der Waals surface area contributed by atoms with Crippen LogP contribution < -0.4 is 10.6 Å². The van der Waals surface area contributed by atoms with E-state index in [0.717, 1.165) is 5.56 Å². The van der Waals surface area contributed by atoms with Crippen molar-refractivity contribution in [2.24, 2.45) is 5.92 Å². The van der Waals surface area contributed by atoms with Crippen LogP contribution in [0.15, 0.2) is 24.5 Å². The van der Waals surface area contributed by atoms with Crippen molar-refractivity contribution in [3.8, 4) is 0 Å². The van der Waals surface area contributed by atoms with Crippen LogP contribution in [0.4, 0.5) is 4.79 Å². The number of amides is 3. The lowest BCUT2D eigenvalue weighted by molar-refractivity contribution is -0.129. The zero-order valence-corrected chi connectivity index (χ0v) is 16.3. The molecule has 2 N–H and O–H groups in total. The topological polar surface area (TPSA) is 118 Å². The first kappa shape index (κ1) is 21.3. The van der Waals surface area contributed by atoms with Gasteiger partial charge in [-0.3, -0.25) is 19.4 Å². The standard InChI is InChI=1S/C19H26N4O5/c1-12(2)8-15(22-19(27)28-11-14-4-6-20-7-5-14)18(26)21-16-9-23(13(3)24)10-17(16)25/h4-7,12,15-16H,8-11H2,1-3H3,(H,21,26)(H,22,27)/t15-,16?/m0/s1. The Labute approximate surface area is 163 Å². The molecule has 0 aromatic carbocycles. The number of Topliss-reactive ketones (excluding diaryl/α,β-unsaturated/α-hetero) is 1. The van der Waals surface area contributed by atoms with E-state index in [2.05, 4.69) is 15.6 Å². The van der Waals surface area contributed by atoms with Crippen molar-refractivity contribution in [2.45, 2.75) is 45.9 Å². The largest absolute Gasteiger partial charge is 0.445 e. The number of rotatable bonds is 7. The summed E-state index contributed by atoms with van der Waals surface area (Å²) >= 11 is 0. The predicted octanol–water partition coefficient (Wildman–Crippen LogP) is 0.639. The Morgan fingerprint density at radius 2 is 1.96 bits per heavy atom. The Hall–Kier alpha value is -2.97. The first-order valence-corrected chi connectivity index (χ1v) is 9.17. The summed E-state index contributed by atoms with van der Waals surface area (Å²) < 4.78 is 5.15. The molecule has 1 saturated heterocycles. The number of ketones is 1. The van der Waals surface area contributed by atoms with Gasteiger partial charge in [-0.2, -0.15) is 0 Å². The molecule has 1 aromatic rings. The molecule has 2 atom stereocenters. The average molecular weight is 390 g/mol. The zero-order valence-electron chi connectivity index (χ0n) is 16.3. The number of carbonyl (C=O) groups is 4. The second-order valence-corrected chi connectivity index (χ2v) is 7.19. The normalized spacial score (nSPS) is 17.4. The molecule has 9 heteroatoms. The molecule has 0 aliphatic carbocycles. The van der Waals surface area contributed by atoms with Crippen LogP contribution in [0.5, 0.6) is 0 Å². The number of alkyl carbamates (subject to hydrolysis) is 1. The fraction of sp³-hybridized carbons (Fsp3) is 0.526. The SMILES string of the molecule is CC(=O)N1CC(=O)C(NC(=O)[C@H](CC(C)C)NC(=O)OCc2ccncc2)C1. The van der Waals surface area contributed by atoms with Gasteiger partial charge in [0.15, 0.2) is 5.78 Å². The highest BCUT2D eigenvalue weighted by atomic mass is 16.5. The molecule has 152 valence electrons. The number of hydrogen-bond acceptors (Lipinski definition) is 6. The zero-order chi connectivity index (χ0) is 20.7. The van der Waals surface area contributed by atoms with Crippen molar-refractivity contribution >= 4 is 23.7 Å². The molecule has 1 aliphatic rings. The molecule has 0 radical (unpaired) electrons. The monoisotopic (exact) mass is 390 g/mol. The number of nitrogens with zero attached hydrogens (tertiary/aromatic N) is 2. The Balaban J connectivity index is 1.92. The molecule has 3 amide bonds. The van der Waals surface area contributed by atoms with Crippen LogP contribution in [-0.2, 0) is 25.7 Å². The van der Waals surface area contributed by atoms with Gasteiger partial charge in [-0.15, -0.1) is 0 Å². The van der Waals surface area contributed by atoms with Gasteiger partial charge in [-0.25, -0.2) is 4.79 Å². The molecular formula is C19H26N4O5. The molecule has 1 aliphatic heterocycles. The summed E-state index contributed by atoms with van der Waals surface area (Å²) in [7, 11) is 0. The first-order chi connectivity index (χ1) is 13.3. The second kappa shape index (κ2) is 9.82. The Kier molecular flexibility index (Phi) is 7.48. The van der Waals surface area contributed by atoms with Crippen molar-refractivity contribution in [2.75, 3.05) is 13.1 Å². The number of likely N-dealkylation sites (tertiary alicyclic amines) is 1. The number of nitrogens with one attached hydrogen (secondary N) is 2. The van der Waals surface area contributed by atoms with Crippen LogP contribution in [0.3, 0.4) is 0 Å². The second-order valence-electron chi connectivity index (χ2n) is 7.19. The highest BCUT2D eigenvalue weighted by Gasteiger charge is 2.35. The summed E-state index contributed by atoms with van der Waals surface area (Å²) in [6.07, 6.45) is 2.84. The van der Waals surface area contributed by atoms with Crippen molar-refractivity contribution < 1.29 is 23.9 Å². The van der Waals surface area contributed by atoms with Crippen molar-refractivity contribution in [1.29, 1.82) is 0 Å². The molecule has 1 aromatic heterocycles. The van der Waals surface area contributed by atoms with E-state index < -0.39 is 24.1 Å². The Bertz CT molecular complexity index is 722. The van der Waals surface area contributed by atoms with Gasteiger partial charge < -0.3 is 20.3 Å². The summed E-state index contributed by atoms with van der Waals surface area (Å²) in [5.41, 5.74) is 0.774. The molecule has 1 unspecified atom stereocenters. The molecule has 9 nitrogen and oxygen atoms in total. The van der Waals surface area contributed by atoms with Crippen LogP contribution in [0.25, 0.3) is 0 Å². The summed E-state index contributed by atoms with van der Waals surface area (Å²) in [6, 6.07) is 1.83. The quantitative estimate of drug-likeness (QED) is 0.705. The molecule has 0 saturated carbocycles. The van der Waals surface area contributed by atoms with Crippen molar-refractivity contribution in [1.82, 2.24) is 20.5 Å². The van der Waals surface area contributed by atoms with Gasteiger partial charge in [0.1, 0.15) is 18.7 Å². The van der Waals surface area contributed by atoms with Crippen molar-refractivity contribution in [3.05, 3.63) is 30.1 Å². The molecule has 0 bridgehead atoms. The van der Waals surface area contributed by atoms with Gasteiger partial charge in [0.05, 0.1) is 6.54 Å². The van der Waals surface area contributed by atoms with E-state index in [1.165, 1.54) is 11.8 Å². The fourth-order valence-electron chi connectivity index (χ4n) is 2.84. The van der Waals surface area contributed by atoms with E-state index in [1.54, 1.807) is 24.5 Å². The van der Waals surface area contributed by atoms with Gasteiger partial charge >= 0.3 is 6.09 Å². The minimum Gasteiger partial charge on any atom is -0.445 e. The van der Waals surface area contributed by atoms with Crippen LogP contribution >= 0.6 is 0 Å². The van der Waals surface area contributed by atoms with Crippen LogP contribution in [-0.4, -0.2) is 58.7 Å². The third-order valence-corrected chi connectivity index (χ3v) is 4.34. The van der Waals surface area contributed by atoms with Gasteiger partial charge in [0, 0.05) is 25.9 Å². The number of ether oxygens (including phenoxy) is 1. The molecule has 28 heavy (non-hydrogen) atoms. The number of hydrogen-bond donors (Lipinski definition) is 2. The molecule has 2 rings (SSSR count). The highest BCUT2D eigenvalue weighted by molar-refractivity contribution is 5.96. The van der Waals surface area contributed by atoms with E-state index in [-0.39, 0.29) is 37.3 Å². The molecule has 1 fully saturated rings. The minimum atomic E-state index is -0.843. The lowest BCUT2D eigenvalue weighted by atomic mass is 10.0. The average Bonchev–Trinajstić information content (AvgIpc) is 3.01. The third-order valence-electron chi connectivity index (χ3n) is 4.34. The number of carbonyl (C=O) groups excluding carboxylic acids is 4. The van der Waals surface area contributed by atoms with Crippen LogP contribution in [0.2, 0.25) is 0 Å².